The van der Waals surface area contributed by atoms with Crippen molar-refractivity contribution in [2.24, 2.45) is 0 Å². The average molecular weight is 295 g/mol. The van der Waals surface area contributed by atoms with Crippen LogP contribution in [0.15, 0.2) is 12.1 Å². The van der Waals surface area contributed by atoms with Crippen molar-refractivity contribution in [3.8, 4) is 11.8 Å². The third-order valence-electron chi connectivity index (χ3n) is 3.22. The van der Waals surface area contributed by atoms with Gasteiger partial charge in [0.1, 0.15) is 18.8 Å². The predicted molar refractivity (Wildman–Crippen MR) is 75.8 cm³/mol. The van der Waals surface area contributed by atoms with E-state index >= 15 is 0 Å². The predicted octanol–water partition coefficient (Wildman–Crippen LogP) is 0.578. The van der Waals surface area contributed by atoms with Crippen molar-refractivity contribution in [2.45, 2.75) is 12.2 Å². The summed E-state index contributed by atoms with van der Waals surface area (Å²) in [6.45, 7) is 0.880. The number of carbonyl (C=O) groups is 1. The highest BCUT2D eigenvalue weighted by Gasteiger charge is 2.36. The number of methoxy groups -OCH3 is 2. The lowest BCUT2D eigenvalue weighted by molar-refractivity contribution is -0.00461. The van der Waals surface area contributed by atoms with Gasteiger partial charge in [-0.1, -0.05) is 11.8 Å². The summed E-state index contributed by atoms with van der Waals surface area (Å²) in [6, 6.07) is 3.55. The highest BCUT2D eigenvalue weighted by molar-refractivity contribution is 7.14. The fraction of sp³-hybridized carbons (Fsp3) is 0.500. The van der Waals surface area contributed by atoms with E-state index in [1.165, 1.54) is 11.3 Å². The van der Waals surface area contributed by atoms with Gasteiger partial charge in [0.25, 0.3) is 5.91 Å². The number of ether oxygens (including phenoxy) is 2. The normalized spacial score (nSPS) is 21.6. The lowest BCUT2D eigenvalue weighted by Crippen LogP contribution is -2.29. The summed E-state index contributed by atoms with van der Waals surface area (Å²) < 4.78 is 10.6. The maximum atomic E-state index is 12.4. The van der Waals surface area contributed by atoms with E-state index in [1.54, 1.807) is 31.3 Å². The van der Waals surface area contributed by atoms with Gasteiger partial charge in [0.15, 0.2) is 0 Å². The van der Waals surface area contributed by atoms with Crippen LogP contribution in [0.5, 0.6) is 0 Å². The summed E-state index contributed by atoms with van der Waals surface area (Å²) in [5.41, 5.74) is 0. The number of carbonyl (C=O) groups excluding carboxylic acids is 1. The standard InChI is InChI=1S/C14H17NO4S/c1-18-11-8-15(9-12(11)19-2)14(17)13-6-5-10(20-13)4-3-7-16/h5-6,11-12,16H,7-9H2,1-2H3. The zero-order valence-corrected chi connectivity index (χ0v) is 12.3. The number of hydrogen-bond donors (Lipinski definition) is 1. The number of likely N-dealkylation sites (tertiary alicyclic amines) is 1. The van der Waals surface area contributed by atoms with Crippen LogP contribution in [-0.4, -0.2) is 62.0 Å². The molecule has 1 aliphatic heterocycles. The Morgan fingerprint density at radius 3 is 2.60 bits per heavy atom. The van der Waals surface area contributed by atoms with E-state index in [9.17, 15) is 4.79 Å². The summed E-state index contributed by atoms with van der Waals surface area (Å²) in [6.07, 6.45) is -0.171. The fourth-order valence-corrected chi connectivity index (χ4v) is 3.01. The van der Waals surface area contributed by atoms with Crippen LogP contribution < -0.4 is 0 Å². The van der Waals surface area contributed by atoms with E-state index in [0.717, 1.165) is 4.88 Å². The number of amides is 1. The molecule has 20 heavy (non-hydrogen) atoms. The minimum absolute atomic E-state index is 0.0337. The Morgan fingerprint density at radius 1 is 1.40 bits per heavy atom. The van der Waals surface area contributed by atoms with E-state index < -0.39 is 0 Å². The molecule has 5 nitrogen and oxygen atoms in total. The highest BCUT2D eigenvalue weighted by atomic mass is 32.1. The van der Waals surface area contributed by atoms with Gasteiger partial charge in [0.05, 0.1) is 9.75 Å². The van der Waals surface area contributed by atoms with Crippen molar-refractivity contribution >= 4 is 17.2 Å². The lowest BCUT2D eigenvalue weighted by atomic mass is 10.3. The Balaban J connectivity index is 2.06. The van der Waals surface area contributed by atoms with Crippen LogP contribution in [0.4, 0.5) is 0 Å². The molecule has 0 spiro atoms. The molecule has 1 aromatic heterocycles. The molecule has 0 aromatic carbocycles. The van der Waals surface area contributed by atoms with Crippen molar-refractivity contribution in [1.29, 1.82) is 0 Å². The average Bonchev–Trinajstić information content (AvgIpc) is 3.10. The van der Waals surface area contributed by atoms with Crippen LogP contribution in [0.3, 0.4) is 0 Å². The summed E-state index contributed by atoms with van der Waals surface area (Å²) >= 11 is 1.33. The molecule has 0 saturated carbocycles. The molecule has 0 bridgehead atoms. The fourth-order valence-electron chi connectivity index (χ4n) is 2.17. The molecule has 108 valence electrons. The number of aliphatic hydroxyl groups excluding tert-OH is 1. The van der Waals surface area contributed by atoms with Gasteiger partial charge in [0.2, 0.25) is 0 Å². The topological polar surface area (TPSA) is 59.0 Å². The molecule has 2 atom stereocenters. The van der Waals surface area contributed by atoms with Crippen LogP contribution in [-0.2, 0) is 9.47 Å². The van der Waals surface area contributed by atoms with E-state index in [1.807, 2.05) is 0 Å². The third-order valence-corrected chi connectivity index (χ3v) is 4.20. The minimum atomic E-state index is -0.182. The van der Waals surface area contributed by atoms with Gasteiger partial charge in [-0.05, 0) is 12.1 Å². The Bertz CT molecular complexity index is 519. The maximum absolute atomic E-state index is 12.4. The molecule has 1 amide bonds. The molecule has 0 aliphatic carbocycles. The first-order valence-electron chi connectivity index (χ1n) is 6.24. The molecular weight excluding hydrogens is 278 g/mol. The second kappa shape index (κ2) is 6.86. The van der Waals surface area contributed by atoms with Crippen LogP contribution in [0.1, 0.15) is 14.5 Å². The van der Waals surface area contributed by atoms with Crippen LogP contribution in [0.2, 0.25) is 0 Å². The zero-order chi connectivity index (χ0) is 14.5. The molecular formula is C14H17NO4S. The monoisotopic (exact) mass is 295 g/mol. The zero-order valence-electron chi connectivity index (χ0n) is 11.5. The first-order valence-corrected chi connectivity index (χ1v) is 7.05. The largest absolute Gasteiger partial charge is 0.384 e. The van der Waals surface area contributed by atoms with Gasteiger partial charge in [-0.25, -0.2) is 0 Å². The van der Waals surface area contributed by atoms with Crippen molar-refractivity contribution in [2.75, 3.05) is 33.9 Å². The summed E-state index contributed by atoms with van der Waals surface area (Å²) in [5, 5.41) is 8.66. The SMILES string of the molecule is COC1CN(C(=O)c2ccc(C#CCO)s2)CC1OC. The second-order valence-electron chi connectivity index (χ2n) is 4.38. The molecule has 1 aliphatic rings. The molecule has 1 N–H and O–H groups in total. The smallest absolute Gasteiger partial charge is 0.264 e. The summed E-state index contributed by atoms with van der Waals surface area (Å²) in [5.74, 6) is 5.33. The molecule has 0 radical (unpaired) electrons. The minimum Gasteiger partial charge on any atom is -0.384 e. The number of hydrogen-bond acceptors (Lipinski definition) is 5. The van der Waals surface area contributed by atoms with Crippen molar-refractivity contribution in [1.82, 2.24) is 4.90 Å². The number of nitrogens with zero attached hydrogens (tertiary/aromatic N) is 1. The Morgan fingerprint density at radius 2 is 2.05 bits per heavy atom. The number of thiophene rings is 1. The first-order chi connectivity index (χ1) is 9.69. The van der Waals surface area contributed by atoms with Crippen LogP contribution in [0, 0.1) is 11.8 Å². The van der Waals surface area contributed by atoms with E-state index in [2.05, 4.69) is 11.8 Å². The molecule has 1 aromatic rings. The van der Waals surface area contributed by atoms with Crippen LogP contribution >= 0.6 is 11.3 Å². The Hall–Kier alpha value is -1.39. The van der Waals surface area contributed by atoms with Gasteiger partial charge in [-0.3, -0.25) is 4.79 Å². The molecule has 2 heterocycles. The molecule has 2 unspecified atom stereocenters. The third kappa shape index (κ3) is 3.19. The quantitative estimate of drug-likeness (QED) is 0.829. The van der Waals surface area contributed by atoms with Gasteiger partial charge in [-0.2, -0.15) is 0 Å². The molecule has 6 heteroatoms. The first kappa shape index (κ1) is 15.0. The number of aliphatic hydroxyl groups is 1. The van der Waals surface area contributed by atoms with E-state index in [4.69, 9.17) is 14.6 Å². The van der Waals surface area contributed by atoms with Gasteiger partial charge in [0, 0.05) is 27.3 Å². The molecule has 1 fully saturated rings. The summed E-state index contributed by atoms with van der Waals surface area (Å²) in [4.78, 5) is 15.5. The van der Waals surface area contributed by atoms with Gasteiger partial charge >= 0.3 is 0 Å². The maximum Gasteiger partial charge on any atom is 0.264 e. The number of rotatable bonds is 3. The second-order valence-corrected chi connectivity index (χ2v) is 5.47. The summed E-state index contributed by atoms with van der Waals surface area (Å²) in [7, 11) is 3.25. The van der Waals surface area contributed by atoms with Crippen molar-refractivity contribution in [3.05, 3.63) is 21.9 Å². The molecule has 2 rings (SSSR count). The van der Waals surface area contributed by atoms with Crippen molar-refractivity contribution < 1.29 is 19.4 Å². The van der Waals surface area contributed by atoms with E-state index in [-0.39, 0.29) is 24.7 Å². The Kier molecular flexibility index (Phi) is 5.15. The molecule has 1 saturated heterocycles. The Labute approximate surface area is 122 Å². The van der Waals surface area contributed by atoms with Gasteiger partial charge in [-0.15, -0.1) is 11.3 Å². The van der Waals surface area contributed by atoms with Gasteiger partial charge < -0.3 is 19.5 Å². The lowest BCUT2D eigenvalue weighted by Gasteiger charge is -2.14. The van der Waals surface area contributed by atoms with E-state index in [0.29, 0.717) is 18.0 Å². The highest BCUT2D eigenvalue weighted by Crippen LogP contribution is 2.22. The van der Waals surface area contributed by atoms with Crippen molar-refractivity contribution in [3.63, 3.8) is 0 Å². The van der Waals surface area contributed by atoms with Crippen LogP contribution in [0.25, 0.3) is 0 Å².